The van der Waals surface area contributed by atoms with E-state index in [1.54, 1.807) is 19.2 Å². The number of halogens is 1. The smallest absolute Gasteiger partial charge is 0.222 e. The zero-order valence-corrected chi connectivity index (χ0v) is 18.1. The standard InChI is InChI=1S/C22H35FN4O3/c1-3-25-22(27-11-9-20(10-12-27)30-14-4-13-29-2)26-16-18(21(24)28)15-17-5-7-19(23)8-6-17/h5-8,18,20H,3-4,9-16H2,1-2H3,(H2,24,28)(H,25,26). The molecule has 0 aromatic heterocycles. The fraction of sp³-hybridized carbons (Fsp3) is 0.636. The summed E-state index contributed by atoms with van der Waals surface area (Å²) in [6.45, 7) is 6.19. The van der Waals surface area contributed by atoms with Crippen LogP contribution < -0.4 is 11.1 Å². The van der Waals surface area contributed by atoms with Crippen LogP contribution in [0.1, 0.15) is 31.7 Å². The summed E-state index contributed by atoms with van der Waals surface area (Å²) in [5.41, 5.74) is 6.46. The molecule has 7 nitrogen and oxygen atoms in total. The molecular formula is C22H35FN4O3. The minimum Gasteiger partial charge on any atom is -0.385 e. The number of primary amides is 1. The minimum atomic E-state index is -0.439. The molecule has 2 rings (SSSR count). The topological polar surface area (TPSA) is 89.2 Å². The maximum absolute atomic E-state index is 13.1. The van der Waals surface area contributed by atoms with Crippen LogP contribution in [0.15, 0.2) is 29.3 Å². The van der Waals surface area contributed by atoms with Crippen LogP contribution in [0.2, 0.25) is 0 Å². The van der Waals surface area contributed by atoms with Crippen LogP contribution in [0.25, 0.3) is 0 Å². The third kappa shape index (κ3) is 8.28. The summed E-state index contributed by atoms with van der Waals surface area (Å²) in [7, 11) is 1.70. The Morgan fingerprint density at radius 3 is 2.60 bits per heavy atom. The van der Waals surface area contributed by atoms with Crippen molar-refractivity contribution in [2.45, 2.75) is 38.7 Å². The zero-order chi connectivity index (χ0) is 21.8. The molecule has 1 aliphatic heterocycles. The van der Waals surface area contributed by atoms with E-state index in [1.165, 1.54) is 12.1 Å². The van der Waals surface area contributed by atoms with Gasteiger partial charge in [0, 0.05) is 40.0 Å². The number of methoxy groups -OCH3 is 1. The summed E-state index contributed by atoms with van der Waals surface area (Å²) < 4.78 is 24.1. The molecule has 0 spiro atoms. The maximum Gasteiger partial charge on any atom is 0.222 e. The lowest BCUT2D eigenvalue weighted by Gasteiger charge is -2.34. The summed E-state index contributed by atoms with van der Waals surface area (Å²) in [4.78, 5) is 18.8. The second kappa shape index (κ2) is 13.2. The second-order valence-corrected chi connectivity index (χ2v) is 7.53. The number of hydrogen-bond acceptors (Lipinski definition) is 4. The zero-order valence-electron chi connectivity index (χ0n) is 18.1. The average molecular weight is 423 g/mol. The molecule has 30 heavy (non-hydrogen) atoms. The minimum absolute atomic E-state index is 0.262. The number of hydrogen-bond donors (Lipinski definition) is 2. The number of likely N-dealkylation sites (tertiary alicyclic amines) is 1. The number of aliphatic imine (C=N–C) groups is 1. The van der Waals surface area contributed by atoms with E-state index in [0.717, 1.165) is 63.6 Å². The molecule has 1 unspecified atom stereocenters. The molecule has 1 aromatic rings. The van der Waals surface area contributed by atoms with Crippen LogP contribution in [0.4, 0.5) is 4.39 Å². The average Bonchev–Trinajstić information content (AvgIpc) is 2.75. The molecule has 168 valence electrons. The van der Waals surface area contributed by atoms with Gasteiger partial charge in [-0.15, -0.1) is 0 Å². The van der Waals surface area contributed by atoms with Gasteiger partial charge in [-0.3, -0.25) is 9.79 Å². The van der Waals surface area contributed by atoms with Gasteiger partial charge in [-0.05, 0) is 50.3 Å². The van der Waals surface area contributed by atoms with Crippen LogP contribution >= 0.6 is 0 Å². The van der Waals surface area contributed by atoms with Crippen LogP contribution in [-0.2, 0) is 20.7 Å². The highest BCUT2D eigenvalue weighted by Crippen LogP contribution is 2.15. The molecule has 0 radical (unpaired) electrons. The van der Waals surface area contributed by atoms with Crippen molar-refractivity contribution in [3.63, 3.8) is 0 Å². The van der Waals surface area contributed by atoms with Crippen molar-refractivity contribution in [2.75, 3.05) is 46.5 Å². The van der Waals surface area contributed by atoms with Crippen LogP contribution in [-0.4, -0.2) is 69.4 Å². The number of rotatable bonds is 11. The van der Waals surface area contributed by atoms with Crippen molar-refractivity contribution in [3.8, 4) is 0 Å². The van der Waals surface area contributed by atoms with Crippen molar-refractivity contribution in [1.29, 1.82) is 0 Å². The molecule has 1 amide bonds. The van der Waals surface area contributed by atoms with E-state index < -0.39 is 11.8 Å². The Labute approximate surface area is 178 Å². The Morgan fingerprint density at radius 2 is 2.00 bits per heavy atom. The Hall–Kier alpha value is -2.19. The van der Waals surface area contributed by atoms with Gasteiger partial charge in [0.25, 0.3) is 0 Å². The first-order valence-electron chi connectivity index (χ1n) is 10.7. The number of carbonyl (C=O) groups excluding carboxylic acids is 1. The number of guanidine groups is 1. The van der Waals surface area contributed by atoms with E-state index in [4.69, 9.17) is 15.2 Å². The summed E-state index contributed by atoms with van der Waals surface area (Å²) in [6.07, 6.45) is 3.48. The lowest BCUT2D eigenvalue weighted by atomic mass is 9.99. The molecule has 3 N–H and O–H groups in total. The Morgan fingerprint density at radius 1 is 1.30 bits per heavy atom. The summed E-state index contributed by atoms with van der Waals surface area (Å²) >= 11 is 0. The Kier molecular flexibility index (Phi) is 10.6. The van der Waals surface area contributed by atoms with Crippen LogP contribution in [0.5, 0.6) is 0 Å². The molecule has 8 heteroatoms. The highest BCUT2D eigenvalue weighted by atomic mass is 19.1. The molecule has 0 saturated carbocycles. The first-order chi connectivity index (χ1) is 14.5. The predicted octanol–water partition coefficient (Wildman–Crippen LogP) is 1.95. The molecule has 0 aliphatic carbocycles. The van der Waals surface area contributed by atoms with Crippen molar-refractivity contribution in [1.82, 2.24) is 10.2 Å². The number of nitrogens with zero attached hydrogens (tertiary/aromatic N) is 2. The van der Waals surface area contributed by atoms with Gasteiger partial charge in [-0.25, -0.2) is 4.39 Å². The van der Waals surface area contributed by atoms with Gasteiger partial charge in [-0.2, -0.15) is 0 Å². The number of piperidine rings is 1. The van der Waals surface area contributed by atoms with Gasteiger partial charge in [0.15, 0.2) is 5.96 Å². The van der Waals surface area contributed by atoms with Crippen LogP contribution in [0, 0.1) is 11.7 Å². The van der Waals surface area contributed by atoms with Crippen molar-refractivity contribution >= 4 is 11.9 Å². The quantitative estimate of drug-likeness (QED) is 0.323. The number of benzene rings is 1. The van der Waals surface area contributed by atoms with Gasteiger partial charge in [0.05, 0.1) is 18.6 Å². The van der Waals surface area contributed by atoms with Gasteiger partial charge >= 0.3 is 0 Å². The van der Waals surface area contributed by atoms with Crippen molar-refractivity contribution in [2.24, 2.45) is 16.6 Å². The molecular weight excluding hydrogens is 387 g/mol. The molecule has 1 atom stereocenters. The third-order valence-electron chi connectivity index (χ3n) is 5.18. The summed E-state index contributed by atoms with van der Waals surface area (Å²) in [6, 6.07) is 6.14. The second-order valence-electron chi connectivity index (χ2n) is 7.53. The van der Waals surface area contributed by atoms with E-state index in [-0.39, 0.29) is 11.9 Å². The van der Waals surface area contributed by atoms with Gasteiger partial charge in [0.2, 0.25) is 5.91 Å². The van der Waals surface area contributed by atoms with Crippen molar-refractivity contribution in [3.05, 3.63) is 35.6 Å². The number of amides is 1. The maximum atomic E-state index is 13.1. The van der Waals surface area contributed by atoms with E-state index in [9.17, 15) is 9.18 Å². The SMILES string of the molecule is CCNC(=NCC(Cc1ccc(F)cc1)C(N)=O)N1CCC(OCCCOC)CC1. The number of nitrogens with two attached hydrogens (primary N) is 1. The molecule has 1 heterocycles. The molecule has 0 bridgehead atoms. The highest BCUT2D eigenvalue weighted by molar-refractivity contribution is 5.81. The summed E-state index contributed by atoms with van der Waals surface area (Å²) in [5, 5.41) is 3.31. The van der Waals surface area contributed by atoms with E-state index in [0.29, 0.717) is 13.0 Å². The normalized spacial score (nSPS) is 16.5. The number of ether oxygens (including phenoxy) is 2. The molecule has 1 aromatic carbocycles. The summed E-state index contributed by atoms with van der Waals surface area (Å²) in [5.74, 6) is -0.346. The number of carbonyl (C=O) groups is 1. The predicted molar refractivity (Wildman–Crippen MR) is 116 cm³/mol. The van der Waals surface area contributed by atoms with Gasteiger partial charge < -0.3 is 25.4 Å². The molecule has 1 saturated heterocycles. The Bertz CT molecular complexity index is 661. The van der Waals surface area contributed by atoms with Gasteiger partial charge in [0.1, 0.15) is 5.82 Å². The number of nitrogens with one attached hydrogen (secondary N) is 1. The van der Waals surface area contributed by atoms with Crippen molar-refractivity contribution < 1.29 is 18.7 Å². The van der Waals surface area contributed by atoms with E-state index in [1.807, 2.05) is 6.92 Å². The largest absolute Gasteiger partial charge is 0.385 e. The molecule has 1 aliphatic rings. The monoisotopic (exact) mass is 422 g/mol. The molecule has 1 fully saturated rings. The third-order valence-corrected chi connectivity index (χ3v) is 5.18. The lowest BCUT2D eigenvalue weighted by Crippen LogP contribution is -2.47. The highest BCUT2D eigenvalue weighted by Gasteiger charge is 2.23. The Balaban J connectivity index is 1.90. The van der Waals surface area contributed by atoms with E-state index >= 15 is 0 Å². The fourth-order valence-corrected chi connectivity index (χ4v) is 3.47. The fourth-order valence-electron chi connectivity index (χ4n) is 3.47. The first-order valence-corrected chi connectivity index (χ1v) is 10.7. The van der Waals surface area contributed by atoms with E-state index in [2.05, 4.69) is 15.2 Å². The van der Waals surface area contributed by atoms with Gasteiger partial charge in [-0.1, -0.05) is 12.1 Å². The first kappa shape index (κ1) is 24.1. The lowest BCUT2D eigenvalue weighted by molar-refractivity contribution is -0.121. The van der Waals surface area contributed by atoms with Crippen LogP contribution in [0.3, 0.4) is 0 Å².